The van der Waals surface area contributed by atoms with Gasteiger partial charge in [0.05, 0.1) is 6.61 Å². The number of aryl methyl sites for hydroxylation is 2. The Morgan fingerprint density at radius 3 is 2.13 bits per heavy atom. The molecule has 2 amide bonds. The Kier molecular flexibility index (Phi) is 8.30. The van der Waals surface area contributed by atoms with Crippen LogP contribution in [0, 0.1) is 6.92 Å². The third-order valence-corrected chi connectivity index (χ3v) is 5.50. The molecule has 1 fully saturated rings. The molecule has 160 valence electrons. The van der Waals surface area contributed by atoms with Gasteiger partial charge in [0.15, 0.2) is 0 Å². The van der Waals surface area contributed by atoms with E-state index in [9.17, 15) is 9.59 Å². The Morgan fingerprint density at radius 1 is 0.833 bits per heavy atom. The molecule has 1 aliphatic rings. The van der Waals surface area contributed by atoms with Gasteiger partial charge in [0.25, 0.3) is 0 Å². The summed E-state index contributed by atoms with van der Waals surface area (Å²) in [5.74, 6) is 1.17. The highest BCUT2D eigenvalue weighted by molar-refractivity contribution is 5.78. The summed E-state index contributed by atoms with van der Waals surface area (Å²) >= 11 is 0. The van der Waals surface area contributed by atoms with Crippen molar-refractivity contribution in [3.63, 3.8) is 0 Å². The maximum atomic E-state index is 12.6. The molecule has 0 N–H and O–H groups in total. The molecule has 0 aromatic heterocycles. The van der Waals surface area contributed by atoms with E-state index < -0.39 is 0 Å². The number of amides is 2. The van der Waals surface area contributed by atoms with Crippen molar-refractivity contribution in [3.05, 3.63) is 65.7 Å². The second-order valence-corrected chi connectivity index (χ2v) is 7.87. The fraction of sp³-hybridized carbons (Fsp3) is 0.440. The Hall–Kier alpha value is -2.82. The average molecular weight is 409 g/mol. The van der Waals surface area contributed by atoms with Crippen LogP contribution in [0.1, 0.15) is 36.8 Å². The van der Waals surface area contributed by atoms with Crippen LogP contribution < -0.4 is 4.74 Å². The molecular weight excluding hydrogens is 376 g/mol. The van der Waals surface area contributed by atoms with Crippen molar-refractivity contribution in [2.45, 2.75) is 39.0 Å². The molecule has 0 bridgehead atoms. The second-order valence-electron chi connectivity index (χ2n) is 7.87. The molecule has 5 nitrogen and oxygen atoms in total. The highest BCUT2D eigenvalue weighted by atomic mass is 16.5. The third kappa shape index (κ3) is 6.90. The minimum absolute atomic E-state index is 0.154. The lowest BCUT2D eigenvalue weighted by molar-refractivity contribution is -0.133. The summed E-state index contributed by atoms with van der Waals surface area (Å²) in [5, 5.41) is 0. The normalized spacial score (nSPS) is 14.3. The van der Waals surface area contributed by atoms with Gasteiger partial charge in [-0.2, -0.15) is 0 Å². The Balaban J connectivity index is 1.35. The first kappa shape index (κ1) is 21.9. The zero-order valence-electron chi connectivity index (χ0n) is 17.9. The van der Waals surface area contributed by atoms with Gasteiger partial charge in [0.2, 0.25) is 11.8 Å². The monoisotopic (exact) mass is 408 g/mol. The Labute approximate surface area is 179 Å². The van der Waals surface area contributed by atoms with Crippen molar-refractivity contribution in [2.75, 3.05) is 32.8 Å². The Morgan fingerprint density at radius 2 is 1.47 bits per heavy atom. The molecule has 1 saturated heterocycles. The first-order valence-corrected chi connectivity index (χ1v) is 10.9. The van der Waals surface area contributed by atoms with E-state index in [4.69, 9.17) is 4.74 Å². The largest absolute Gasteiger partial charge is 0.494 e. The lowest BCUT2D eigenvalue weighted by Gasteiger charge is -2.22. The predicted molar refractivity (Wildman–Crippen MR) is 118 cm³/mol. The second kappa shape index (κ2) is 11.4. The molecule has 0 spiro atoms. The van der Waals surface area contributed by atoms with Crippen LogP contribution in [0.4, 0.5) is 0 Å². The maximum absolute atomic E-state index is 12.6. The topological polar surface area (TPSA) is 49.9 Å². The first-order chi connectivity index (χ1) is 14.6. The molecule has 5 heteroatoms. The van der Waals surface area contributed by atoms with Crippen molar-refractivity contribution < 1.29 is 14.3 Å². The van der Waals surface area contributed by atoms with Crippen LogP contribution in [-0.4, -0.2) is 54.4 Å². The summed E-state index contributed by atoms with van der Waals surface area (Å²) in [6.07, 6.45) is 3.30. The highest BCUT2D eigenvalue weighted by Crippen LogP contribution is 2.13. The molecule has 1 heterocycles. The standard InChI is InChI=1S/C25H32N2O3/c1-21-10-13-23(14-11-21)30-20-5-9-24(28)26-16-6-17-27(19-18-26)25(29)15-12-22-7-3-2-4-8-22/h2-4,7-8,10-11,13-14H,5-6,9,12,15-20H2,1H3. The van der Waals surface area contributed by atoms with E-state index in [1.54, 1.807) is 0 Å². The molecule has 0 unspecified atom stereocenters. The number of rotatable bonds is 8. The molecule has 0 aliphatic carbocycles. The van der Waals surface area contributed by atoms with E-state index in [1.807, 2.05) is 59.2 Å². The zero-order chi connectivity index (χ0) is 21.2. The summed E-state index contributed by atoms with van der Waals surface area (Å²) in [5.41, 5.74) is 2.39. The van der Waals surface area contributed by atoms with Gasteiger partial charge in [-0.05, 0) is 43.9 Å². The van der Waals surface area contributed by atoms with Crippen LogP contribution in [0.3, 0.4) is 0 Å². The highest BCUT2D eigenvalue weighted by Gasteiger charge is 2.21. The molecule has 3 rings (SSSR count). The van der Waals surface area contributed by atoms with Gasteiger partial charge in [-0.15, -0.1) is 0 Å². The number of hydrogen-bond donors (Lipinski definition) is 0. The Bertz CT molecular complexity index is 805. The lowest BCUT2D eigenvalue weighted by atomic mass is 10.1. The molecule has 0 saturated carbocycles. The molecular formula is C25H32N2O3. The van der Waals surface area contributed by atoms with E-state index >= 15 is 0 Å². The maximum Gasteiger partial charge on any atom is 0.222 e. The van der Waals surface area contributed by atoms with Gasteiger partial charge in [0, 0.05) is 39.0 Å². The van der Waals surface area contributed by atoms with Crippen LogP contribution in [0.25, 0.3) is 0 Å². The minimum Gasteiger partial charge on any atom is -0.494 e. The quantitative estimate of drug-likeness (QED) is 0.624. The first-order valence-electron chi connectivity index (χ1n) is 10.9. The van der Waals surface area contributed by atoms with Crippen LogP contribution in [0.5, 0.6) is 5.75 Å². The SMILES string of the molecule is Cc1ccc(OCCCC(=O)N2CCCN(C(=O)CCc3ccccc3)CC2)cc1. The van der Waals surface area contributed by atoms with Crippen LogP contribution in [-0.2, 0) is 16.0 Å². The summed E-state index contributed by atoms with van der Waals surface area (Å²) in [7, 11) is 0. The van der Waals surface area contributed by atoms with Crippen molar-refractivity contribution in [2.24, 2.45) is 0 Å². The zero-order valence-corrected chi connectivity index (χ0v) is 17.9. The van der Waals surface area contributed by atoms with E-state index in [1.165, 1.54) is 11.1 Å². The van der Waals surface area contributed by atoms with E-state index in [2.05, 4.69) is 12.1 Å². The van der Waals surface area contributed by atoms with E-state index in [-0.39, 0.29) is 11.8 Å². The van der Waals surface area contributed by atoms with Crippen LogP contribution in [0.2, 0.25) is 0 Å². The number of hydrogen-bond acceptors (Lipinski definition) is 3. The smallest absolute Gasteiger partial charge is 0.222 e. The minimum atomic E-state index is 0.154. The molecule has 2 aromatic carbocycles. The molecule has 0 atom stereocenters. The summed E-state index contributed by atoms with van der Waals surface area (Å²) < 4.78 is 5.71. The van der Waals surface area contributed by atoms with Gasteiger partial charge in [0.1, 0.15) is 5.75 Å². The van der Waals surface area contributed by atoms with Crippen molar-refractivity contribution in [3.8, 4) is 5.75 Å². The summed E-state index contributed by atoms with van der Waals surface area (Å²) in [6.45, 7) is 5.27. The van der Waals surface area contributed by atoms with Gasteiger partial charge in [-0.25, -0.2) is 0 Å². The van der Waals surface area contributed by atoms with Gasteiger partial charge >= 0.3 is 0 Å². The van der Waals surface area contributed by atoms with Gasteiger partial charge in [-0.1, -0.05) is 48.0 Å². The van der Waals surface area contributed by atoms with Gasteiger partial charge < -0.3 is 14.5 Å². The number of nitrogens with zero attached hydrogens (tertiary/aromatic N) is 2. The number of carbonyl (C=O) groups excluding carboxylic acids is 2. The molecule has 0 radical (unpaired) electrons. The van der Waals surface area contributed by atoms with Gasteiger partial charge in [-0.3, -0.25) is 9.59 Å². The molecule has 30 heavy (non-hydrogen) atoms. The molecule has 2 aromatic rings. The van der Waals surface area contributed by atoms with Crippen LogP contribution >= 0.6 is 0 Å². The number of ether oxygens (including phenoxy) is 1. The fourth-order valence-electron chi connectivity index (χ4n) is 3.68. The van der Waals surface area contributed by atoms with Crippen molar-refractivity contribution >= 4 is 11.8 Å². The molecule has 1 aliphatic heterocycles. The van der Waals surface area contributed by atoms with E-state index in [0.29, 0.717) is 39.0 Å². The average Bonchev–Trinajstić information content (AvgIpc) is 3.03. The number of carbonyl (C=O) groups is 2. The number of benzene rings is 2. The van der Waals surface area contributed by atoms with Crippen molar-refractivity contribution in [1.82, 2.24) is 9.80 Å². The fourth-order valence-corrected chi connectivity index (χ4v) is 3.68. The predicted octanol–water partition coefficient (Wildman–Crippen LogP) is 3.85. The lowest BCUT2D eigenvalue weighted by Crippen LogP contribution is -2.37. The van der Waals surface area contributed by atoms with Crippen LogP contribution in [0.15, 0.2) is 54.6 Å². The third-order valence-electron chi connectivity index (χ3n) is 5.50. The van der Waals surface area contributed by atoms with E-state index in [0.717, 1.165) is 31.7 Å². The van der Waals surface area contributed by atoms with Crippen molar-refractivity contribution in [1.29, 1.82) is 0 Å². The summed E-state index contributed by atoms with van der Waals surface area (Å²) in [6, 6.07) is 18.0. The summed E-state index contributed by atoms with van der Waals surface area (Å²) in [4.78, 5) is 28.9.